The summed E-state index contributed by atoms with van der Waals surface area (Å²) in [6, 6.07) is 6.30. The highest BCUT2D eigenvalue weighted by molar-refractivity contribution is 6.29. The van der Waals surface area contributed by atoms with Crippen molar-refractivity contribution in [2.24, 2.45) is 0 Å². The molecule has 0 N–H and O–H groups in total. The number of halogens is 3. The molecule has 2 aromatic rings. The van der Waals surface area contributed by atoms with E-state index in [0.717, 1.165) is 12.1 Å². The highest BCUT2D eigenvalue weighted by Gasteiger charge is 2.14. The Balaban J connectivity index is 2.27. The van der Waals surface area contributed by atoms with Gasteiger partial charge in [0, 0.05) is 23.7 Å². The molecule has 18 heavy (non-hydrogen) atoms. The van der Waals surface area contributed by atoms with Crippen molar-refractivity contribution >= 4 is 17.4 Å². The Kier molecular flexibility index (Phi) is 3.67. The van der Waals surface area contributed by atoms with Crippen LogP contribution in [0.2, 0.25) is 5.15 Å². The lowest BCUT2D eigenvalue weighted by Gasteiger charge is -2.04. The molecule has 1 aromatic carbocycles. The van der Waals surface area contributed by atoms with Crippen LogP contribution in [0.4, 0.5) is 8.78 Å². The summed E-state index contributed by atoms with van der Waals surface area (Å²) in [5, 5.41) is 0.162. The molecule has 92 valence electrons. The summed E-state index contributed by atoms with van der Waals surface area (Å²) in [7, 11) is 0. The molecule has 5 heteroatoms. The van der Waals surface area contributed by atoms with Gasteiger partial charge in [0.15, 0.2) is 5.78 Å². The van der Waals surface area contributed by atoms with Crippen molar-refractivity contribution in [1.82, 2.24) is 4.98 Å². The third-order valence-corrected chi connectivity index (χ3v) is 2.65. The Morgan fingerprint density at radius 3 is 2.50 bits per heavy atom. The third-order valence-electron chi connectivity index (χ3n) is 2.45. The highest BCUT2D eigenvalue weighted by atomic mass is 35.5. The minimum absolute atomic E-state index is 0.162. The molecule has 0 radical (unpaired) electrons. The molecule has 0 amide bonds. The van der Waals surface area contributed by atoms with Gasteiger partial charge in [-0.3, -0.25) is 4.79 Å². The summed E-state index contributed by atoms with van der Waals surface area (Å²) in [5.41, 5.74) is 0.0353. The van der Waals surface area contributed by atoms with Gasteiger partial charge in [-0.15, -0.1) is 0 Å². The highest BCUT2D eigenvalue weighted by Crippen LogP contribution is 2.16. The SMILES string of the molecule is O=C(Cc1c(F)cccc1F)c1ccnc(Cl)c1. The summed E-state index contributed by atoms with van der Waals surface area (Å²) >= 11 is 5.64. The summed E-state index contributed by atoms with van der Waals surface area (Å²) in [6.07, 6.45) is 1.02. The second-order valence-electron chi connectivity index (χ2n) is 3.67. The van der Waals surface area contributed by atoms with E-state index in [1.54, 1.807) is 0 Å². The van der Waals surface area contributed by atoms with Gasteiger partial charge in [-0.2, -0.15) is 0 Å². The van der Waals surface area contributed by atoms with Crippen LogP contribution in [0.5, 0.6) is 0 Å². The predicted octanol–water partition coefficient (Wildman–Crippen LogP) is 3.44. The molecule has 0 aliphatic rings. The molecule has 0 saturated heterocycles. The molecule has 0 saturated carbocycles. The van der Waals surface area contributed by atoms with Crippen molar-refractivity contribution in [3.05, 3.63) is 64.4 Å². The van der Waals surface area contributed by atoms with Crippen LogP contribution in [-0.2, 0) is 6.42 Å². The van der Waals surface area contributed by atoms with Gasteiger partial charge in [0.1, 0.15) is 16.8 Å². The number of nitrogens with zero attached hydrogens (tertiary/aromatic N) is 1. The zero-order valence-electron chi connectivity index (χ0n) is 9.16. The van der Waals surface area contributed by atoms with E-state index in [0.29, 0.717) is 0 Å². The second-order valence-corrected chi connectivity index (χ2v) is 4.05. The normalized spacial score (nSPS) is 10.4. The number of hydrogen-bond donors (Lipinski definition) is 0. The Labute approximate surface area is 107 Å². The van der Waals surface area contributed by atoms with Gasteiger partial charge >= 0.3 is 0 Å². The summed E-state index contributed by atoms with van der Waals surface area (Å²) < 4.78 is 26.8. The Hall–Kier alpha value is -1.81. The van der Waals surface area contributed by atoms with Crippen LogP contribution in [0, 0.1) is 11.6 Å². The van der Waals surface area contributed by atoms with E-state index in [-0.39, 0.29) is 22.7 Å². The topological polar surface area (TPSA) is 30.0 Å². The minimum atomic E-state index is -0.733. The molecule has 1 heterocycles. The summed E-state index contributed by atoms with van der Waals surface area (Å²) in [4.78, 5) is 15.6. The summed E-state index contributed by atoms with van der Waals surface area (Å²) in [6.45, 7) is 0. The number of Topliss-reactive ketones (excluding diaryl/α,β-unsaturated/α-hetero) is 1. The summed E-state index contributed by atoms with van der Waals surface area (Å²) in [5.74, 6) is -1.88. The van der Waals surface area contributed by atoms with Crippen LogP contribution in [0.25, 0.3) is 0 Å². The molecule has 1 aromatic heterocycles. The van der Waals surface area contributed by atoms with Gasteiger partial charge in [0.2, 0.25) is 0 Å². The van der Waals surface area contributed by atoms with Crippen LogP contribution in [0.1, 0.15) is 15.9 Å². The van der Waals surface area contributed by atoms with Crippen molar-refractivity contribution in [2.45, 2.75) is 6.42 Å². The molecular formula is C13H8ClF2NO. The van der Waals surface area contributed by atoms with Crippen LogP contribution in [0.3, 0.4) is 0 Å². The monoisotopic (exact) mass is 267 g/mol. The third kappa shape index (κ3) is 2.71. The fraction of sp³-hybridized carbons (Fsp3) is 0.0769. The molecule has 2 nitrogen and oxygen atoms in total. The lowest BCUT2D eigenvalue weighted by Crippen LogP contribution is -2.07. The van der Waals surface area contributed by atoms with Crippen LogP contribution in [-0.4, -0.2) is 10.8 Å². The molecule has 0 aliphatic heterocycles. The minimum Gasteiger partial charge on any atom is -0.294 e. The Morgan fingerprint density at radius 1 is 1.22 bits per heavy atom. The van der Waals surface area contributed by atoms with E-state index >= 15 is 0 Å². The van der Waals surface area contributed by atoms with Crippen molar-refractivity contribution in [2.75, 3.05) is 0 Å². The van der Waals surface area contributed by atoms with Crippen LogP contribution >= 0.6 is 11.6 Å². The zero-order chi connectivity index (χ0) is 13.1. The lowest BCUT2D eigenvalue weighted by molar-refractivity contribution is 0.0990. The molecular weight excluding hydrogens is 260 g/mol. The Bertz CT molecular complexity index is 581. The van der Waals surface area contributed by atoms with Crippen molar-refractivity contribution in [3.8, 4) is 0 Å². The van der Waals surface area contributed by atoms with E-state index in [4.69, 9.17) is 11.6 Å². The number of benzene rings is 1. The molecule has 2 rings (SSSR count). The first kappa shape index (κ1) is 12.6. The lowest BCUT2D eigenvalue weighted by atomic mass is 10.0. The quantitative estimate of drug-likeness (QED) is 0.630. The maximum Gasteiger partial charge on any atom is 0.167 e. The van der Waals surface area contributed by atoms with E-state index in [1.807, 2.05) is 0 Å². The van der Waals surface area contributed by atoms with Crippen LogP contribution < -0.4 is 0 Å². The number of hydrogen-bond acceptors (Lipinski definition) is 2. The zero-order valence-corrected chi connectivity index (χ0v) is 9.92. The van der Waals surface area contributed by atoms with E-state index in [2.05, 4.69) is 4.98 Å². The maximum absolute atomic E-state index is 13.4. The van der Waals surface area contributed by atoms with Gasteiger partial charge in [-0.05, 0) is 24.3 Å². The van der Waals surface area contributed by atoms with E-state index in [9.17, 15) is 13.6 Å². The van der Waals surface area contributed by atoms with Gasteiger partial charge < -0.3 is 0 Å². The molecule has 0 fully saturated rings. The van der Waals surface area contributed by atoms with Gasteiger partial charge in [0.25, 0.3) is 0 Å². The average molecular weight is 268 g/mol. The first-order valence-corrected chi connectivity index (χ1v) is 5.53. The first-order chi connectivity index (χ1) is 8.58. The number of ketones is 1. The van der Waals surface area contributed by atoms with Gasteiger partial charge in [-0.1, -0.05) is 17.7 Å². The molecule has 0 atom stereocenters. The number of aromatic nitrogens is 1. The fourth-order valence-electron chi connectivity index (χ4n) is 1.54. The number of carbonyl (C=O) groups is 1. The molecule has 0 bridgehead atoms. The smallest absolute Gasteiger partial charge is 0.167 e. The van der Waals surface area contributed by atoms with Crippen molar-refractivity contribution in [1.29, 1.82) is 0 Å². The maximum atomic E-state index is 13.4. The number of carbonyl (C=O) groups excluding carboxylic acids is 1. The molecule has 0 spiro atoms. The number of rotatable bonds is 3. The van der Waals surface area contributed by atoms with E-state index in [1.165, 1.54) is 24.4 Å². The average Bonchev–Trinajstić information content (AvgIpc) is 2.34. The standard InChI is InChI=1S/C13H8ClF2NO/c14-13-6-8(4-5-17-13)12(18)7-9-10(15)2-1-3-11(9)16/h1-6H,7H2. The van der Waals surface area contributed by atoms with Gasteiger partial charge in [-0.25, -0.2) is 13.8 Å². The van der Waals surface area contributed by atoms with Crippen LogP contribution in [0.15, 0.2) is 36.5 Å². The predicted molar refractivity (Wildman–Crippen MR) is 63.6 cm³/mol. The van der Waals surface area contributed by atoms with Crippen molar-refractivity contribution in [3.63, 3.8) is 0 Å². The second kappa shape index (κ2) is 5.23. The van der Waals surface area contributed by atoms with E-state index < -0.39 is 17.4 Å². The van der Waals surface area contributed by atoms with Crippen molar-refractivity contribution < 1.29 is 13.6 Å². The fourth-order valence-corrected chi connectivity index (χ4v) is 1.71. The number of pyridine rings is 1. The van der Waals surface area contributed by atoms with Gasteiger partial charge in [0.05, 0.1) is 0 Å². The molecule has 0 unspecified atom stereocenters. The molecule has 0 aliphatic carbocycles. The Morgan fingerprint density at radius 2 is 1.89 bits per heavy atom. The first-order valence-electron chi connectivity index (χ1n) is 5.15. The largest absolute Gasteiger partial charge is 0.294 e.